The molecule has 0 bridgehead atoms. The van der Waals surface area contributed by atoms with Gasteiger partial charge in [0.15, 0.2) is 13.0 Å². The summed E-state index contributed by atoms with van der Waals surface area (Å²) in [6.07, 6.45) is 2.32. The first-order chi connectivity index (χ1) is 22.8. The number of nitrogens with two attached hydrogens (primary N) is 1. The zero-order valence-corrected chi connectivity index (χ0v) is 27.9. The quantitative estimate of drug-likeness (QED) is 0.103. The van der Waals surface area contributed by atoms with Gasteiger partial charge in [0.1, 0.15) is 16.6 Å². The minimum Gasteiger partial charge on any atom is -0.481 e. The molecule has 0 saturated heterocycles. The number of carbonyl (C=O) groups excluding carboxylic acids is 1. The molecule has 0 aliphatic carbocycles. The van der Waals surface area contributed by atoms with Crippen LogP contribution < -0.4 is 10.5 Å². The second-order valence-corrected chi connectivity index (χ2v) is 14.0. The van der Waals surface area contributed by atoms with Gasteiger partial charge in [-0.3, -0.25) is 9.55 Å². The Morgan fingerprint density at radius 3 is 2.09 bits per heavy atom. The fourth-order valence-corrected chi connectivity index (χ4v) is 7.00. The van der Waals surface area contributed by atoms with Crippen LogP contribution in [0.4, 0.5) is 4.79 Å². The first-order valence-corrected chi connectivity index (χ1v) is 17.6. The van der Waals surface area contributed by atoms with E-state index in [4.69, 9.17) is 29.2 Å². The Labute approximate surface area is 278 Å². The van der Waals surface area contributed by atoms with Crippen LogP contribution in [-0.2, 0) is 44.7 Å². The molecule has 0 saturated carbocycles. The highest BCUT2D eigenvalue weighted by Crippen LogP contribution is 2.50. The highest BCUT2D eigenvalue weighted by Gasteiger charge is 2.27. The molecule has 2 heterocycles. The van der Waals surface area contributed by atoms with Gasteiger partial charge in [-0.2, -0.15) is 0 Å². The maximum atomic E-state index is 13.9. The molecule has 10 nitrogen and oxygen atoms in total. The molecule has 47 heavy (non-hydrogen) atoms. The zero-order valence-electron chi connectivity index (χ0n) is 26.2. The average Bonchev–Trinajstić information content (AvgIpc) is 3.42. The third kappa shape index (κ3) is 10.0. The second kappa shape index (κ2) is 16.4. The molecule has 1 amide bonds. The summed E-state index contributed by atoms with van der Waals surface area (Å²) >= 11 is 1.51. The van der Waals surface area contributed by atoms with Crippen LogP contribution in [0.2, 0.25) is 0 Å². The van der Waals surface area contributed by atoms with E-state index in [1.54, 1.807) is 18.5 Å². The molecule has 0 aliphatic heterocycles. The molecule has 0 spiro atoms. The van der Waals surface area contributed by atoms with Crippen molar-refractivity contribution < 1.29 is 27.9 Å². The van der Waals surface area contributed by atoms with E-state index >= 15 is 0 Å². The van der Waals surface area contributed by atoms with E-state index in [-0.39, 0.29) is 32.1 Å². The number of carbonyl (C=O) groups is 1. The number of pyridine rings is 1. The van der Waals surface area contributed by atoms with Crippen molar-refractivity contribution in [1.29, 1.82) is 0 Å². The van der Waals surface area contributed by atoms with Gasteiger partial charge in [0, 0.05) is 17.3 Å². The lowest BCUT2D eigenvalue weighted by Gasteiger charge is -2.19. The molecule has 0 radical (unpaired) electrons. The normalized spacial score (nSPS) is 11.5. The van der Waals surface area contributed by atoms with E-state index in [0.29, 0.717) is 18.1 Å². The van der Waals surface area contributed by atoms with Crippen molar-refractivity contribution in [1.82, 2.24) is 14.5 Å². The monoisotopic (exact) mass is 672 g/mol. The Kier molecular flexibility index (Phi) is 11.9. The van der Waals surface area contributed by atoms with Gasteiger partial charge in [-0.1, -0.05) is 92.3 Å². The number of rotatable bonds is 16. The standard InChI is InChI=1S/C35H37N4O6PS/c1-26(2)33-34(39(21-27-16-18-37-19-17-27)32(38-33)24-42-35(36)40)47-31-15-9-14-30(20-31)43-25-46(41,44-22-28-10-5-3-6-11-28)45-23-29-12-7-4-8-13-29/h3-20,26H,21-25H2,1-2H3,(H2,36,40). The summed E-state index contributed by atoms with van der Waals surface area (Å²) in [5, 5.41) is 0.889. The van der Waals surface area contributed by atoms with Gasteiger partial charge in [0.25, 0.3) is 0 Å². The third-order valence-corrected chi connectivity index (χ3v) is 9.56. The summed E-state index contributed by atoms with van der Waals surface area (Å²) in [5.74, 6) is 1.16. The summed E-state index contributed by atoms with van der Waals surface area (Å²) < 4.78 is 38.9. The van der Waals surface area contributed by atoms with Crippen molar-refractivity contribution in [2.45, 2.75) is 56.1 Å². The summed E-state index contributed by atoms with van der Waals surface area (Å²) in [4.78, 5) is 21.3. The Hall–Kier alpha value is -4.41. The van der Waals surface area contributed by atoms with E-state index < -0.39 is 13.7 Å². The van der Waals surface area contributed by atoms with Gasteiger partial charge in [0.2, 0.25) is 0 Å². The van der Waals surface area contributed by atoms with Crippen LogP contribution >= 0.6 is 19.4 Å². The SMILES string of the molecule is CC(C)c1nc(COC(N)=O)n(Cc2ccncc2)c1Sc1cccc(OCP(=O)(OCc2ccccc2)OCc2ccccc2)c1. The van der Waals surface area contributed by atoms with Gasteiger partial charge < -0.3 is 28.8 Å². The lowest BCUT2D eigenvalue weighted by molar-refractivity contribution is 0.145. The van der Waals surface area contributed by atoms with Crippen molar-refractivity contribution in [2.24, 2.45) is 5.73 Å². The number of imidazole rings is 1. The maximum Gasteiger partial charge on any atom is 0.404 e. The van der Waals surface area contributed by atoms with Crippen molar-refractivity contribution in [3.63, 3.8) is 0 Å². The Bertz CT molecular complexity index is 1740. The topological polar surface area (TPSA) is 128 Å². The molecule has 5 aromatic rings. The predicted molar refractivity (Wildman–Crippen MR) is 180 cm³/mol. The molecule has 0 unspecified atom stereocenters. The number of benzene rings is 3. The number of amides is 1. The summed E-state index contributed by atoms with van der Waals surface area (Å²) in [6, 6.07) is 30.4. The van der Waals surface area contributed by atoms with Gasteiger partial charge in [0.05, 0.1) is 25.5 Å². The van der Waals surface area contributed by atoms with Gasteiger partial charge in [-0.05, 0) is 52.9 Å². The van der Waals surface area contributed by atoms with E-state index in [1.165, 1.54) is 11.8 Å². The summed E-state index contributed by atoms with van der Waals surface area (Å²) in [5.41, 5.74) is 8.89. The molecule has 2 aromatic heterocycles. The van der Waals surface area contributed by atoms with Crippen molar-refractivity contribution in [3.8, 4) is 5.75 Å². The Morgan fingerprint density at radius 1 is 0.851 bits per heavy atom. The van der Waals surface area contributed by atoms with Crippen LogP contribution in [0.15, 0.2) is 119 Å². The maximum absolute atomic E-state index is 13.9. The van der Waals surface area contributed by atoms with Crippen LogP contribution in [0.25, 0.3) is 0 Å². The fraction of sp³-hybridized carbons (Fsp3) is 0.229. The van der Waals surface area contributed by atoms with Crippen LogP contribution in [-0.4, -0.2) is 27.0 Å². The minimum absolute atomic E-state index is 0.0644. The molecule has 2 N–H and O–H groups in total. The van der Waals surface area contributed by atoms with Crippen molar-refractivity contribution in [2.75, 3.05) is 6.35 Å². The summed E-state index contributed by atoms with van der Waals surface area (Å²) in [7, 11) is -3.68. The molecule has 0 atom stereocenters. The Morgan fingerprint density at radius 2 is 1.49 bits per heavy atom. The summed E-state index contributed by atoms with van der Waals surface area (Å²) in [6.45, 7) is 4.78. The largest absolute Gasteiger partial charge is 0.481 e. The average molecular weight is 673 g/mol. The zero-order chi connectivity index (χ0) is 33.1. The first-order valence-electron chi connectivity index (χ1n) is 15.0. The second-order valence-electron chi connectivity index (χ2n) is 10.9. The highest BCUT2D eigenvalue weighted by atomic mass is 32.2. The van der Waals surface area contributed by atoms with Crippen LogP contribution in [0.3, 0.4) is 0 Å². The van der Waals surface area contributed by atoms with E-state index in [0.717, 1.165) is 32.3 Å². The number of aromatic nitrogens is 3. The molecular weight excluding hydrogens is 635 g/mol. The molecule has 244 valence electrons. The highest BCUT2D eigenvalue weighted by molar-refractivity contribution is 7.99. The number of primary amides is 1. The molecule has 5 rings (SSSR count). The molecule has 0 fully saturated rings. The molecular formula is C35H37N4O6PS. The van der Waals surface area contributed by atoms with Crippen LogP contribution in [0, 0.1) is 0 Å². The van der Waals surface area contributed by atoms with E-state index in [1.807, 2.05) is 95.6 Å². The van der Waals surface area contributed by atoms with Crippen molar-refractivity contribution >= 4 is 25.5 Å². The first kappa shape index (κ1) is 33.9. The lowest BCUT2D eigenvalue weighted by Crippen LogP contribution is -2.15. The number of hydrogen-bond donors (Lipinski definition) is 1. The number of ether oxygens (including phenoxy) is 2. The van der Waals surface area contributed by atoms with Crippen molar-refractivity contribution in [3.05, 3.63) is 138 Å². The number of nitrogens with zero attached hydrogens (tertiary/aromatic N) is 3. The minimum atomic E-state index is -3.68. The van der Waals surface area contributed by atoms with E-state index in [2.05, 4.69) is 18.8 Å². The van der Waals surface area contributed by atoms with E-state index in [9.17, 15) is 9.36 Å². The smallest absolute Gasteiger partial charge is 0.404 e. The van der Waals surface area contributed by atoms with Gasteiger partial charge in [-0.15, -0.1) is 0 Å². The fourth-order valence-electron chi connectivity index (χ4n) is 4.56. The third-order valence-electron chi connectivity index (χ3n) is 6.96. The lowest BCUT2D eigenvalue weighted by atomic mass is 10.1. The molecule has 0 aliphatic rings. The van der Waals surface area contributed by atoms with Gasteiger partial charge >= 0.3 is 13.7 Å². The predicted octanol–water partition coefficient (Wildman–Crippen LogP) is 8.16. The molecule has 12 heteroatoms. The van der Waals surface area contributed by atoms with Crippen LogP contribution in [0.1, 0.15) is 48.0 Å². The van der Waals surface area contributed by atoms with Crippen LogP contribution in [0.5, 0.6) is 5.75 Å². The Balaban J connectivity index is 1.36. The van der Waals surface area contributed by atoms with Gasteiger partial charge in [-0.25, -0.2) is 9.78 Å². The molecule has 3 aromatic carbocycles. The number of hydrogen-bond acceptors (Lipinski definition) is 9.